The first-order valence-corrected chi connectivity index (χ1v) is 20.4. The second kappa shape index (κ2) is 17.6. The minimum absolute atomic E-state index is 0.357. The van der Waals surface area contributed by atoms with Crippen LogP contribution in [0.5, 0.6) is 5.75 Å². The van der Waals surface area contributed by atoms with Gasteiger partial charge in [-0.05, 0) is 97.4 Å². The van der Waals surface area contributed by atoms with Crippen LogP contribution in [0.25, 0.3) is 65.3 Å². The number of para-hydroxylation sites is 1. The second-order valence-corrected chi connectivity index (χ2v) is 15.1. The van der Waals surface area contributed by atoms with Gasteiger partial charge in [-0.1, -0.05) is 193 Å². The molecule has 57 heavy (non-hydrogen) atoms. The summed E-state index contributed by atoms with van der Waals surface area (Å²) < 4.78 is 0. The van der Waals surface area contributed by atoms with Crippen LogP contribution in [0, 0.1) is 0 Å². The fraction of sp³-hybridized carbons (Fsp3) is 0.164. The standard InChI is InChI=1S/C19H13N.C16H10O.2C9H12.C2H6/c1-2-6-14-12(5-1)9-13-10-17-15-7-3-4-8-18(15)20-19(17)11-16(13)14;17-14-9-7-12-5-4-10-2-1-3-11-6-8-13(14)16(12)15(10)11;2*1-8(2)9-6-4-3-5-7-9;1-2/h1-8,10-11,20H,9H2;1-9,17H;2*3-8H,1-2H3;1-2H3. The summed E-state index contributed by atoms with van der Waals surface area (Å²) in [6.45, 7) is 12.8. The van der Waals surface area contributed by atoms with Crippen LogP contribution in [0.15, 0.2) is 176 Å². The zero-order valence-corrected chi connectivity index (χ0v) is 34.1. The van der Waals surface area contributed by atoms with Gasteiger partial charge in [-0.15, -0.1) is 0 Å². The molecule has 2 nitrogen and oxygen atoms in total. The van der Waals surface area contributed by atoms with Crippen LogP contribution in [0.1, 0.15) is 75.6 Å². The summed E-state index contributed by atoms with van der Waals surface area (Å²) in [6, 6.07) is 61.4. The van der Waals surface area contributed by atoms with Crippen molar-refractivity contribution in [3.8, 4) is 16.9 Å². The number of aromatic nitrogens is 1. The zero-order chi connectivity index (χ0) is 39.9. The summed E-state index contributed by atoms with van der Waals surface area (Å²) in [5, 5.41) is 19.6. The number of phenols is 1. The van der Waals surface area contributed by atoms with Crippen LogP contribution in [0.2, 0.25) is 0 Å². The van der Waals surface area contributed by atoms with Crippen LogP contribution < -0.4 is 0 Å². The van der Waals surface area contributed by atoms with Crippen molar-refractivity contribution < 1.29 is 5.11 Å². The quantitative estimate of drug-likeness (QED) is 0.170. The molecule has 0 spiro atoms. The summed E-state index contributed by atoms with van der Waals surface area (Å²) in [7, 11) is 0. The predicted octanol–water partition coefficient (Wildman–Crippen LogP) is 15.8. The van der Waals surface area contributed by atoms with E-state index < -0.39 is 0 Å². The number of nitrogens with one attached hydrogen (secondary N) is 1. The van der Waals surface area contributed by atoms with Gasteiger partial charge in [0.15, 0.2) is 0 Å². The number of rotatable bonds is 2. The van der Waals surface area contributed by atoms with Crippen molar-refractivity contribution in [3.05, 3.63) is 198 Å². The van der Waals surface area contributed by atoms with E-state index >= 15 is 0 Å². The molecule has 10 aromatic rings. The first-order chi connectivity index (χ1) is 27.9. The van der Waals surface area contributed by atoms with Crippen molar-refractivity contribution in [1.29, 1.82) is 0 Å². The molecule has 0 atom stereocenters. The Bertz CT molecular complexity index is 2790. The average Bonchev–Trinajstić information content (AvgIpc) is 3.82. The van der Waals surface area contributed by atoms with Crippen molar-refractivity contribution in [2.24, 2.45) is 0 Å². The van der Waals surface area contributed by atoms with Crippen molar-refractivity contribution in [1.82, 2.24) is 4.98 Å². The van der Waals surface area contributed by atoms with E-state index in [0.717, 1.165) is 11.8 Å². The molecule has 2 heteroatoms. The number of benzene rings is 9. The maximum Gasteiger partial charge on any atom is 0.123 e. The number of H-pyrrole nitrogens is 1. The largest absolute Gasteiger partial charge is 0.507 e. The lowest BCUT2D eigenvalue weighted by atomic mass is 9.94. The van der Waals surface area contributed by atoms with Crippen molar-refractivity contribution in [2.75, 3.05) is 0 Å². The number of aromatic hydroxyl groups is 1. The molecule has 11 rings (SSSR count). The smallest absolute Gasteiger partial charge is 0.123 e. The van der Waals surface area contributed by atoms with Crippen LogP contribution in [0.4, 0.5) is 0 Å². The Labute approximate surface area is 337 Å². The molecule has 284 valence electrons. The van der Waals surface area contributed by atoms with Crippen molar-refractivity contribution in [3.63, 3.8) is 0 Å². The molecule has 1 aliphatic rings. The molecule has 0 fully saturated rings. The van der Waals surface area contributed by atoms with Gasteiger partial charge in [0, 0.05) is 32.6 Å². The Kier molecular flexibility index (Phi) is 12.0. The SMILES string of the molecule is CC.CC(C)c1ccccc1.CC(C)c1ccccc1.Oc1ccc2ccc3cccc4ccc1c2c34.c1ccc2c(c1)Cc1cc3c(cc1-2)[nH]c1ccccc13. The first kappa shape index (κ1) is 38.9. The van der Waals surface area contributed by atoms with Gasteiger partial charge in [-0.25, -0.2) is 0 Å². The van der Waals surface area contributed by atoms with E-state index in [0.29, 0.717) is 17.6 Å². The van der Waals surface area contributed by atoms with Crippen molar-refractivity contribution >= 4 is 54.1 Å². The molecule has 0 amide bonds. The zero-order valence-electron chi connectivity index (χ0n) is 34.1. The number of hydrogen-bond acceptors (Lipinski definition) is 1. The Morgan fingerprint density at radius 2 is 0.965 bits per heavy atom. The number of aromatic amines is 1. The lowest BCUT2D eigenvalue weighted by Crippen LogP contribution is -1.83. The minimum Gasteiger partial charge on any atom is -0.507 e. The van der Waals surface area contributed by atoms with E-state index in [1.54, 1.807) is 6.07 Å². The van der Waals surface area contributed by atoms with Crippen molar-refractivity contribution in [2.45, 2.75) is 59.8 Å². The third-order valence-corrected chi connectivity index (χ3v) is 10.9. The van der Waals surface area contributed by atoms with Crippen LogP contribution in [-0.4, -0.2) is 10.1 Å². The van der Waals surface area contributed by atoms with Gasteiger partial charge in [0.05, 0.1) is 0 Å². The predicted molar refractivity (Wildman–Crippen MR) is 248 cm³/mol. The fourth-order valence-corrected chi connectivity index (χ4v) is 7.88. The lowest BCUT2D eigenvalue weighted by Gasteiger charge is -2.11. The number of fused-ring (bicyclic) bond motifs is 6. The minimum atomic E-state index is 0.357. The second-order valence-electron chi connectivity index (χ2n) is 15.1. The van der Waals surface area contributed by atoms with Crippen LogP contribution >= 0.6 is 0 Å². The number of hydrogen-bond donors (Lipinski definition) is 2. The number of phenolic OH excluding ortho intramolecular Hbond substituents is 1. The highest BCUT2D eigenvalue weighted by molar-refractivity contribution is 6.24. The Balaban J connectivity index is 0.000000121. The third kappa shape index (κ3) is 8.27. The summed E-state index contributed by atoms with van der Waals surface area (Å²) in [4.78, 5) is 3.54. The summed E-state index contributed by atoms with van der Waals surface area (Å²) in [5.41, 5.74) is 11.0. The molecule has 9 aromatic carbocycles. The molecule has 1 heterocycles. The Morgan fingerprint density at radius 1 is 0.421 bits per heavy atom. The third-order valence-electron chi connectivity index (χ3n) is 10.9. The molecule has 0 saturated heterocycles. The van der Waals surface area contributed by atoms with E-state index in [1.165, 1.54) is 82.1 Å². The molecular weight excluding hydrogens is 691 g/mol. The highest BCUT2D eigenvalue weighted by Gasteiger charge is 2.19. The van der Waals surface area contributed by atoms with Crippen LogP contribution in [0.3, 0.4) is 0 Å². The maximum atomic E-state index is 9.95. The molecule has 0 bridgehead atoms. The summed E-state index contributed by atoms with van der Waals surface area (Å²) in [6.07, 6.45) is 1.06. The fourth-order valence-electron chi connectivity index (χ4n) is 7.88. The van der Waals surface area contributed by atoms with E-state index in [9.17, 15) is 5.11 Å². The average molecular weight is 744 g/mol. The van der Waals surface area contributed by atoms with E-state index in [1.807, 2.05) is 38.1 Å². The van der Waals surface area contributed by atoms with Gasteiger partial charge >= 0.3 is 0 Å². The van der Waals surface area contributed by atoms with Gasteiger partial charge in [0.2, 0.25) is 0 Å². The molecule has 0 aliphatic heterocycles. The molecule has 2 N–H and O–H groups in total. The molecule has 1 aliphatic carbocycles. The monoisotopic (exact) mass is 743 g/mol. The lowest BCUT2D eigenvalue weighted by molar-refractivity contribution is 0.482. The van der Waals surface area contributed by atoms with E-state index in [-0.39, 0.29) is 0 Å². The maximum absolute atomic E-state index is 9.95. The molecule has 0 unspecified atom stereocenters. The first-order valence-electron chi connectivity index (χ1n) is 20.4. The van der Waals surface area contributed by atoms with Gasteiger partial charge in [0.1, 0.15) is 5.75 Å². The Morgan fingerprint density at radius 3 is 1.60 bits per heavy atom. The topological polar surface area (TPSA) is 36.0 Å². The van der Waals surface area contributed by atoms with Gasteiger partial charge < -0.3 is 10.1 Å². The molecule has 0 radical (unpaired) electrons. The molecular formula is C55H53NO. The van der Waals surface area contributed by atoms with E-state index in [4.69, 9.17) is 0 Å². The van der Waals surface area contributed by atoms with E-state index in [2.05, 4.69) is 178 Å². The highest BCUT2D eigenvalue weighted by Crippen LogP contribution is 2.40. The molecule has 0 saturated carbocycles. The summed E-state index contributed by atoms with van der Waals surface area (Å²) in [5.74, 6) is 1.67. The van der Waals surface area contributed by atoms with Crippen LogP contribution in [-0.2, 0) is 6.42 Å². The highest BCUT2D eigenvalue weighted by atomic mass is 16.3. The Hall–Kier alpha value is -6.38. The summed E-state index contributed by atoms with van der Waals surface area (Å²) >= 11 is 0. The van der Waals surface area contributed by atoms with Gasteiger partial charge in [-0.2, -0.15) is 0 Å². The van der Waals surface area contributed by atoms with Gasteiger partial charge in [0.25, 0.3) is 0 Å². The van der Waals surface area contributed by atoms with Gasteiger partial charge in [-0.3, -0.25) is 0 Å². The normalized spacial score (nSPS) is 11.3. The molecule has 1 aromatic heterocycles.